The minimum Gasteiger partial charge on any atom is -0.348 e. The van der Waals surface area contributed by atoms with E-state index in [0.29, 0.717) is 11.4 Å². The predicted octanol–water partition coefficient (Wildman–Crippen LogP) is 1.58. The van der Waals surface area contributed by atoms with Gasteiger partial charge in [0.25, 0.3) is 5.91 Å². The third-order valence-corrected chi connectivity index (χ3v) is 2.41. The number of rotatable bonds is 4. The van der Waals surface area contributed by atoms with Gasteiger partial charge in [0.2, 0.25) is 0 Å². The fourth-order valence-corrected chi connectivity index (χ4v) is 1.71. The van der Waals surface area contributed by atoms with E-state index in [4.69, 9.17) is 0 Å². The zero-order valence-electron chi connectivity index (χ0n) is 8.28. The summed E-state index contributed by atoms with van der Waals surface area (Å²) in [5.41, 5.74) is 0.761. The highest BCUT2D eigenvalue weighted by Gasteiger charge is 2.17. The molecule has 0 bridgehead atoms. The first-order valence-electron chi connectivity index (χ1n) is 4.38. The summed E-state index contributed by atoms with van der Waals surface area (Å²) in [4.78, 5) is 12.2. The molecule has 0 saturated heterocycles. The summed E-state index contributed by atoms with van der Waals surface area (Å²) in [7, 11) is 0. The van der Waals surface area contributed by atoms with Crippen LogP contribution in [-0.2, 0) is 0 Å². The first-order valence-corrected chi connectivity index (χ1v) is 5.15. The fourth-order valence-electron chi connectivity index (χ4n) is 0.978. The van der Waals surface area contributed by atoms with Crippen LogP contribution in [0.3, 0.4) is 0 Å². The van der Waals surface area contributed by atoms with Gasteiger partial charge in [0.15, 0.2) is 0 Å². The van der Waals surface area contributed by atoms with Crippen LogP contribution in [-0.4, -0.2) is 22.0 Å². The zero-order valence-corrected chi connectivity index (χ0v) is 9.10. The van der Waals surface area contributed by atoms with Gasteiger partial charge < -0.3 is 5.32 Å². The molecule has 1 N–H and O–H groups in total. The number of nitrogens with zero attached hydrogens (tertiary/aromatic N) is 2. The van der Waals surface area contributed by atoms with E-state index in [1.54, 1.807) is 6.08 Å². The Hall–Kier alpha value is -1.23. The number of carbonyl (C=O) groups excluding carboxylic acids is 1. The summed E-state index contributed by atoms with van der Waals surface area (Å²) in [6.07, 6.45) is 1.64. The van der Waals surface area contributed by atoms with Gasteiger partial charge >= 0.3 is 0 Å². The van der Waals surface area contributed by atoms with Crippen molar-refractivity contribution >= 4 is 17.4 Å². The second-order valence-corrected chi connectivity index (χ2v) is 3.89. The molecule has 4 nitrogen and oxygen atoms in total. The molecule has 0 radical (unpaired) electrons. The third kappa shape index (κ3) is 2.38. The molecular formula is C9H13N3OS. The molecule has 1 rings (SSSR count). The Morgan fingerprint density at radius 3 is 3.00 bits per heavy atom. The molecule has 0 saturated carbocycles. The van der Waals surface area contributed by atoms with E-state index < -0.39 is 0 Å². The zero-order chi connectivity index (χ0) is 10.6. The number of amides is 1. The Balaban J connectivity index is 2.78. The number of hydrogen-bond donors (Lipinski definition) is 1. The van der Waals surface area contributed by atoms with Crippen LogP contribution in [0, 0.1) is 0 Å². The Morgan fingerprint density at radius 2 is 2.43 bits per heavy atom. The van der Waals surface area contributed by atoms with Crippen LogP contribution in [0.15, 0.2) is 12.7 Å². The molecule has 0 aliphatic rings. The lowest BCUT2D eigenvalue weighted by Crippen LogP contribution is -2.23. The topological polar surface area (TPSA) is 54.9 Å². The molecule has 0 unspecified atom stereocenters. The highest BCUT2D eigenvalue weighted by molar-refractivity contribution is 7.08. The Kier molecular flexibility index (Phi) is 3.76. The molecule has 0 aliphatic carbocycles. The Labute approximate surface area is 87.2 Å². The van der Waals surface area contributed by atoms with Gasteiger partial charge in [-0.1, -0.05) is 24.4 Å². The summed E-state index contributed by atoms with van der Waals surface area (Å²) in [6.45, 7) is 7.97. The van der Waals surface area contributed by atoms with E-state index in [1.807, 2.05) is 13.8 Å². The number of carbonyl (C=O) groups is 1. The molecular weight excluding hydrogens is 198 g/mol. The second kappa shape index (κ2) is 4.85. The van der Waals surface area contributed by atoms with Gasteiger partial charge in [-0.05, 0) is 17.5 Å². The van der Waals surface area contributed by atoms with Crippen molar-refractivity contribution in [2.24, 2.45) is 0 Å². The SMILES string of the molecule is C=CCNC(=O)c1snnc1C(C)C. The van der Waals surface area contributed by atoms with Gasteiger partial charge in [-0.15, -0.1) is 11.7 Å². The van der Waals surface area contributed by atoms with Crippen molar-refractivity contribution in [3.63, 3.8) is 0 Å². The quantitative estimate of drug-likeness (QED) is 0.769. The average molecular weight is 211 g/mol. The van der Waals surface area contributed by atoms with E-state index in [0.717, 1.165) is 17.2 Å². The smallest absolute Gasteiger partial charge is 0.265 e. The maximum absolute atomic E-state index is 11.6. The monoisotopic (exact) mass is 211 g/mol. The van der Waals surface area contributed by atoms with Crippen molar-refractivity contribution in [3.05, 3.63) is 23.2 Å². The largest absolute Gasteiger partial charge is 0.348 e. The molecule has 76 valence electrons. The standard InChI is InChI=1S/C9H13N3OS/c1-4-5-10-9(13)8-7(6(2)3)11-12-14-8/h4,6H,1,5H2,2-3H3,(H,10,13). The molecule has 0 aromatic carbocycles. The van der Waals surface area contributed by atoms with Crippen LogP contribution in [0.5, 0.6) is 0 Å². The fraction of sp³-hybridized carbons (Fsp3) is 0.444. The highest BCUT2D eigenvalue weighted by atomic mass is 32.1. The van der Waals surface area contributed by atoms with Crippen molar-refractivity contribution in [3.8, 4) is 0 Å². The van der Waals surface area contributed by atoms with Crippen LogP contribution in [0.2, 0.25) is 0 Å². The number of nitrogens with one attached hydrogen (secondary N) is 1. The van der Waals surface area contributed by atoms with Crippen molar-refractivity contribution < 1.29 is 4.79 Å². The molecule has 1 aromatic heterocycles. The van der Waals surface area contributed by atoms with Gasteiger partial charge in [0.05, 0.1) is 5.69 Å². The second-order valence-electron chi connectivity index (χ2n) is 3.14. The van der Waals surface area contributed by atoms with Crippen LogP contribution in [0.25, 0.3) is 0 Å². The van der Waals surface area contributed by atoms with Gasteiger partial charge in [-0.2, -0.15) is 0 Å². The lowest BCUT2D eigenvalue weighted by atomic mass is 10.1. The maximum Gasteiger partial charge on any atom is 0.265 e. The summed E-state index contributed by atoms with van der Waals surface area (Å²) in [6, 6.07) is 0. The molecule has 1 aromatic rings. The normalized spacial score (nSPS) is 10.2. The minimum absolute atomic E-state index is 0.122. The Morgan fingerprint density at radius 1 is 1.71 bits per heavy atom. The van der Waals surface area contributed by atoms with Gasteiger partial charge in [-0.3, -0.25) is 4.79 Å². The van der Waals surface area contributed by atoms with Crippen LogP contribution >= 0.6 is 11.5 Å². The predicted molar refractivity (Wildman–Crippen MR) is 56.5 cm³/mol. The maximum atomic E-state index is 11.6. The molecule has 1 amide bonds. The van der Waals surface area contributed by atoms with Crippen molar-refractivity contribution in [2.75, 3.05) is 6.54 Å². The van der Waals surface area contributed by atoms with E-state index in [9.17, 15) is 4.79 Å². The van der Waals surface area contributed by atoms with E-state index in [1.165, 1.54) is 0 Å². The van der Waals surface area contributed by atoms with E-state index in [-0.39, 0.29) is 11.8 Å². The van der Waals surface area contributed by atoms with E-state index in [2.05, 4.69) is 21.5 Å². The molecule has 1 heterocycles. The lowest BCUT2D eigenvalue weighted by molar-refractivity contribution is 0.0960. The van der Waals surface area contributed by atoms with Crippen LogP contribution in [0.1, 0.15) is 35.1 Å². The van der Waals surface area contributed by atoms with Crippen molar-refractivity contribution in [2.45, 2.75) is 19.8 Å². The molecule has 0 fully saturated rings. The van der Waals surface area contributed by atoms with Crippen LogP contribution in [0.4, 0.5) is 0 Å². The van der Waals surface area contributed by atoms with Gasteiger partial charge in [-0.25, -0.2) is 0 Å². The summed E-state index contributed by atoms with van der Waals surface area (Å²) < 4.78 is 3.78. The lowest BCUT2D eigenvalue weighted by Gasteiger charge is -2.03. The van der Waals surface area contributed by atoms with Crippen molar-refractivity contribution in [1.29, 1.82) is 0 Å². The van der Waals surface area contributed by atoms with Crippen LogP contribution < -0.4 is 5.32 Å². The minimum atomic E-state index is -0.122. The number of hydrogen-bond acceptors (Lipinski definition) is 4. The first-order chi connectivity index (χ1) is 6.66. The highest BCUT2D eigenvalue weighted by Crippen LogP contribution is 2.19. The van der Waals surface area contributed by atoms with Crippen molar-refractivity contribution in [1.82, 2.24) is 14.9 Å². The molecule has 14 heavy (non-hydrogen) atoms. The first kappa shape index (κ1) is 10.8. The summed E-state index contributed by atoms with van der Waals surface area (Å²) in [5, 5.41) is 6.63. The molecule has 0 aliphatic heterocycles. The molecule has 5 heteroatoms. The summed E-state index contributed by atoms with van der Waals surface area (Å²) in [5.74, 6) is 0.0989. The molecule has 0 atom stereocenters. The summed E-state index contributed by atoms with van der Waals surface area (Å²) >= 11 is 1.13. The van der Waals surface area contributed by atoms with E-state index >= 15 is 0 Å². The van der Waals surface area contributed by atoms with Gasteiger partial charge in [0, 0.05) is 6.54 Å². The average Bonchev–Trinajstić information content (AvgIpc) is 2.62. The molecule has 0 spiro atoms. The Bertz CT molecular complexity index is 333. The number of aromatic nitrogens is 2. The van der Waals surface area contributed by atoms with Gasteiger partial charge in [0.1, 0.15) is 4.88 Å². The third-order valence-electron chi connectivity index (χ3n) is 1.67.